The van der Waals surface area contributed by atoms with Crippen molar-refractivity contribution in [2.45, 2.75) is 40.1 Å². The second kappa shape index (κ2) is 9.22. The van der Waals surface area contributed by atoms with E-state index in [1.807, 2.05) is 19.9 Å². The SMILES string of the molecule is Cc1cccc(C(=O)O)c1COc1cc(C)c2nc(C)n(Cc3ncc(C(F)(F)F)cc3Cl)c2c1. The van der Waals surface area contributed by atoms with Crippen LogP contribution in [0.4, 0.5) is 13.2 Å². The van der Waals surface area contributed by atoms with Crippen LogP contribution in [0.2, 0.25) is 5.02 Å². The van der Waals surface area contributed by atoms with Gasteiger partial charge in [-0.2, -0.15) is 13.2 Å². The molecular formula is C25H21ClF3N3O3. The number of benzene rings is 2. The standard InChI is InChI=1S/C25H21ClF3N3O3/c1-13-5-4-6-18(24(33)34)19(13)12-35-17-7-14(2)23-22(9-17)32(15(3)31-23)11-21-20(26)8-16(10-30-21)25(27,28)29/h4-10H,11-12H2,1-3H3,(H,33,34). The minimum atomic E-state index is -4.53. The van der Waals surface area contributed by atoms with Crippen LogP contribution in [0.15, 0.2) is 42.6 Å². The largest absolute Gasteiger partial charge is 0.489 e. The second-order valence-corrected chi connectivity index (χ2v) is 8.61. The number of nitrogens with zero attached hydrogens (tertiary/aromatic N) is 3. The van der Waals surface area contributed by atoms with Crippen molar-refractivity contribution in [2.24, 2.45) is 0 Å². The number of aromatic carboxylic acids is 1. The van der Waals surface area contributed by atoms with Crippen molar-refractivity contribution in [3.63, 3.8) is 0 Å². The van der Waals surface area contributed by atoms with Crippen molar-refractivity contribution in [3.8, 4) is 5.75 Å². The number of carbonyl (C=O) groups is 1. The predicted molar refractivity (Wildman–Crippen MR) is 125 cm³/mol. The summed E-state index contributed by atoms with van der Waals surface area (Å²) in [5.74, 6) is 0.0980. The van der Waals surface area contributed by atoms with E-state index in [0.29, 0.717) is 28.2 Å². The number of hydrogen-bond acceptors (Lipinski definition) is 4. The summed E-state index contributed by atoms with van der Waals surface area (Å²) in [6.07, 6.45) is -3.77. The quantitative estimate of drug-likeness (QED) is 0.331. The average molecular weight is 504 g/mol. The number of rotatable bonds is 6. The minimum Gasteiger partial charge on any atom is -0.489 e. The van der Waals surface area contributed by atoms with E-state index in [1.54, 1.807) is 29.7 Å². The van der Waals surface area contributed by atoms with E-state index in [0.717, 1.165) is 23.4 Å². The molecule has 0 saturated heterocycles. The summed E-state index contributed by atoms with van der Waals surface area (Å²) in [6, 6.07) is 9.46. The lowest BCUT2D eigenvalue weighted by molar-refractivity contribution is -0.137. The van der Waals surface area contributed by atoms with E-state index < -0.39 is 17.7 Å². The number of imidazole rings is 1. The number of fused-ring (bicyclic) bond motifs is 1. The van der Waals surface area contributed by atoms with Gasteiger partial charge in [0.1, 0.15) is 18.2 Å². The molecule has 2 aromatic heterocycles. The van der Waals surface area contributed by atoms with Crippen LogP contribution < -0.4 is 4.74 Å². The molecule has 2 aromatic carbocycles. The zero-order chi connectivity index (χ0) is 25.5. The molecule has 10 heteroatoms. The molecule has 0 atom stereocenters. The number of pyridine rings is 1. The molecule has 1 N–H and O–H groups in total. The highest BCUT2D eigenvalue weighted by molar-refractivity contribution is 6.31. The normalized spacial score (nSPS) is 11.7. The molecule has 0 aliphatic carbocycles. The Hall–Kier alpha value is -3.59. The monoisotopic (exact) mass is 503 g/mol. The molecule has 0 aliphatic rings. The summed E-state index contributed by atoms with van der Waals surface area (Å²) in [5.41, 5.74) is 3.13. The van der Waals surface area contributed by atoms with E-state index in [9.17, 15) is 23.1 Å². The minimum absolute atomic E-state index is 0.0542. The molecule has 182 valence electrons. The zero-order valence-corrected chi connectivity index (χ0v) is 19.8. The van der Waals surface area contributed by atoms with Gasteiger partial charge in [0.15, 0.2) is 0 Å². The van der Waals surface area contributed by atoms with Crippen LogP contribution in [0.25, 0.3) is 11.0 Å². The smallest absolute Gasteiger partial charge is 0.417 e. The lowest BCUT2D eigenvalue weighted by atomic mass is 10.0. The average Bonchev–Trinajstić information content (AvgIpc) is 3.09. The van der Waals surface area contributed by atoms with Crippen LogP contribution in [0.5, 0.6) is 5.75 Å². The Morgan fingerprint density at radius 3 is 2.54 bits per heavy atom. The van der Waals surface area contributed by atoms with Crippen molar-refractivity contribution in [1.82, 2.24) is 14.5 Å². The summed E-state index contributed by atoms with van der Waals surface area (Å²) in [4.78, 5) is 20.1. The van der Waals surface area contributed by atoms with Gasteiger partial charge in [0.25, 0.3) is 0 Å². The molecule has 2 heterocycles. The van der Waals surface area contributed by atoms with Gasteiger partial charge in [0.2, 0.25) is 0 Å². The first-order valence-electron chi connectivity index (χ1n) is 10.6. The maximum atomic E-state index is 13.0. The first kappa shape index (κ1) is 24.5. The first-order valence-corrected chi connectivity index (χ1v) is 11.0. The highest BCUT2D eigenvalue weighted by Gasteiger charge is 2.31. The lowest BCUT2D eigenvalue weighted by Gasteiger charge is -2.14. The molecule has 4 aromatic rings. The zero-order valence-electron chi connectivity index (χ0n) is 19.1. The van der Waals surface area contributed by atoms with Gasteiger partial charge in [-0.1, -0.05) is 23.7 Å². The van der Waals surface area contributed by atoms with Crippen LogP contribution in [0.1, 0.15) is 44.1 Å². The number of aryl methyl sites for hydroxylation is 3. The van der Waals surface area contributed by atoms with Gasteiger partial charge < -0.3 is 14.4 Å². The van der Waals surface area contributed by atoms with E-state index in [4.69, 9.17) is 16.3 Å². The number of alkyl halides is 3. The Balaban J connectivity index is 1.68. The first-order chi connectivity index (χ1) is 16.5. The molecule has 0 radical (unpaired) electrons. The Labute approximate surface area is 204 Å². The molecule has 0 amide bonds. The van der Waals surface area contributed by atoms with Crippen molar-refractivity contribution >= 4 is 28.6 Å². The van der Waals surface area contributed by atoms with E-state index >= 15 is 0 Å². The van der Waals surface area contributed by atoms with E-state index in [2.05, 4.69) is 9.97 Å². The third-order valence-corrected chi connectivity index (χ3v) is 6.11. The number of ether oxygens (including phenoxy) is 1. The summed E-state index contributed by atoms with van der Waals surface area (Å²) >= 11 is 6.12. The van der Waals surface area contributed by atoms with Crippen LogP contribution in [-0.4, -0.2) is 25.6 Å². The molecule has 4 rings (SSSR count). The van der Waals surface area contributed by atoms with Gasteiger partial charge in [-0.3, -0.25) is 4.98 Å². The summed E-state index contributed by atoms with van der Waals surface area (Å²) in [7, 11) is 0. The molecule has 0 saturated carbocycles. The molecule has 0 fully saturated rings. The Kier molecular flexibility index (Phi) is 6.46. The molecule has 6 nitrogen and oxygen atoms in total. The van der Waals surface area contributed by atoms with Crippen molar-refractivity contribution < 1.29 is 27.8 Å². The summed E-state index contributed by atoms with van der Waals surface area (Å²) < 4.78 is 46.7. The second-order valence-electron chi connectivity index (χ2n) is 8.20. The molecule has 0 unspecified atom stereocenters. The predicted octanol–water partition coefficient (Wildman–Crippen LogP) is 6.35. The third-order valence-electron chi connectivity index (χ3n) is 5.79. The number of aromatic nitrogens is 3. The van der Waals surface area contributed by atoms with Gasteiger partial charge in [-0.15, -0.1) is 0 Å². The summed E-state index contributed by atoms with van der Waals surface area (Å²) in [5, 5.41) is 9.40. The van der Waals surface area contributed by atoms with Gasteiger partial charge >= 0.3 is 12.1 Å². The van der Waals surface area contributed by atoms with Crippen molar-refractivity contribution in [2.75, 3.05) is 0 Å². The number of halogens is 4. The Bertz CT molecular complexity index is 1450. The van der Waals surface area contributed by atoms with Crippen LogP contribution in [0.3, 0.4) is 0 Å². The number of hydrogen-bond donors (Lipinski definition) is 1. The van der Waals surface area contributed by atoms with Gasteiger partial charge in [0.05, 0.1) is 39.4 Å². The van der Waals surface area contributed by atoms with Crippen LogP contribution >= 0.6 is 11.6 Å². The highest BCUT2D eigenvalue weighted by atomic mass is 35.5. The topological polar surface area (TPSA) is 77.2 Å². The van der Waals surface area contributed by atoms with E-state index in [-0.39, 0.29) is 29.4 Å². The van der Waals surface area contributed by atoms with Crippen LogP contribution in [-0.2, 0) is 19.3 Å². The molecule has 35 heavy (non-hydrogen) atoms. The van der Waals surface area contributed by atoms with E-state index in [1.165, 1.54) is 6.07 Å². The fourth-order valence-electron chi connectivity index (χ4n) is 3.90. The maximum absolute atomic E-state index is 13.0. The van der Waals surface area contributed by atoms with Crippen LogP contribution in [0, 0.1) is 20.8 Å². The molecule has 0 aliphatic heterocycles. The third kappa shape index (κ3) is 4.95. The number of carboxylic acid groups (broad SMARTS) is 1. The maximum Gasteiger partial charge on any atom is 0.417 e. The summed E-state index contributed by atoms with van der Waals surface area (Å²) in [6.45, 7) is 5.64. The van der Waals surface area contributed by atoms with Gasteiger partial charge in [0, 0.05) is 17.8 Å². The lowest BCUT2D eigenvalue weighted by Crippen LogP contribution is -2.09. The van der Waals surface area contributed by atoms with Crippen molar-refractivity contribution in [1.29, 1.82) is 0 Å². The molecule has 0 spiro atoms. The fourth-order valence-corrected chi connectivity index (χ4v) is 4.12. The number of carboxylic acids is 1. The molecule has 0 bridgehead atoms. The highest BCUT2D eigenvalue weighted by Crippen LogP contribution is 2.32. The van der Waals surface area contributed by atoms with Gasteiger partial charge in [-0.25, -0.2) is 9.78 Å². The van der Waals surface area contributed by atoms with Crippen molar-refractivity contribution in [3.05, 3.63) is 87.0 Å². The Morgan fingerprint density at radius 1 is 1.14 bits per heavy atom. The molecular weight excluding hydrogens is 483 g/mol. The Morgan fingerprint density at radius 2 is 1.89 bits per heavy atom. The van der Waals surface area contributed by atoms with Gasteiger partial charge in [-0.05, 0) is 50.1 Å². The fraction of sp³-hybridized carbons (Fsp3) is 0.240.